The second-order valence-electron chi connectivity index (χ2n) is 2.68. The molecule has 0 saturated heterocycles. The van der Waals surface area contributed by atoms with Gasteiger partial charge in [-0.15, -0.1) is 22.9 Å². The SMILES string of the molecule is ClCCOCCNCc1ccc(Br)s1. The molecule has 0 fully saturated rings. The van der Waals surface area contributed by atoms with E-state index in [1.54, 1.807) is 11.3 Å². The van der Waals surface area contributed by atoms with Crippen molar-refractivity contribution in [2.75, 3.05) is 25.6 Å². The van der Waals surface area contributed by atoms with Gasteiger partial charge in [0.1, 0.15) is 0 Å². The van der Waals surface area contributed by atoms with Crippen LogP contribution in [-0.4, -0.2) is 25.6 Å². The maximum Gasteiger partial charge on any atom is 0.0701 e. The monoisotopic (exact) mass is 297 g/mol. The Morgan fingerprint density at radius 3 is 2.93 bits per heavy atom. The lowest BCUT2D eigenvalue weighted by atomic mass is 10.4. The Morgan fingerprint density at radius 1 is 1.43 bits per heavy atom. The molecule has 0 saturated carbocycles. The third kappa shape index (κ3) is 5.32. The summed E-state index contributed by atoms with van der Waals surface area (Å²) in [7, 11) is 0. The fraction of sp³-hybridized carbons (Fsp3) is 0.556. The summed E-state index contributed by atoms with van der Waals surface area (Å²) in [5, 5.41) is 3.30. The van der Waals surface area contributed by atoms with Crippen molar-refractivity contribution >= 4 is 38.9 Å². The van der Waals surface area contributed by atoms with Crippen LogP contribution in [0.25, 0.3) is 0 Å². The van der Waals surface area contributed by atoms with Crippen LogP contribution in [0, 0.1) is 0 Å². The Hall–Kier alpha value is 0.390. The second-order valence-corrected chi connectivity index (χ2v) is 5.61. The predicted molar refractivity (Wildman–Crippen MR) is 65.3 cm³/mol. The van der Waals surface area contributed by atoms with Crippen molar-refractivity contribution in [2.24, 2.45) is 0 Å². The molecule has 0 atom stereocenters. The van der Waals surface area contributed by atoms with Gasteiger partial charge in [-0.2, -0.15) is 0 Å². The first kappa shape index (κ1) is 12.5. The van der Waals surface area contributed by atoms with Crippen molar-refractivity contribution in [3.8, 4) is 0 Å². The Bertz CT molecular complexity index is 257. The minimum Gasteiger partial charge on any atom is -0.379 e. The minimum absolute atomic E-state index is 0.567. The number of thiophene rings is 1. The zero-order valence-corrected chi connectivity index (χ0v) is 10.9. The Kier molecular flexibility index (Phi) is 6.81. The Labute approximate surface area is 102 Å². The van der Waals surface area contributed by atoms with Crippen LogP contribution in [-0.2, 0) is 11.3 Å². The number of halogens is 2. The van der Waals surface area contributed by atoms with Crippen LogP contribution < -0.4 is 5.32 Å². The summed E-state index contributed by atoms with van der Waals surface area (Å²) in [6.07, 6.45) is 0. The first-order valence-corrected chi connectivity index (χ1v) is 6.56. The number of rotatable bonds is 7. The van der Waals surface area contributed by atoms with Crippen LogP contribution >= 0.6 is 38.9 Å². The van der Waals surface area contributed by atoms with E-state index in [0.717, 1.165) is 19.7 Å². The summed E-state index contributed by atoms with van der Waals surface area (Å²) in [5.74, 6) is 0.567. The van der Waals surface area contributed by atoms with E-state index >= 15 is 0 Å². The van der Waals surface area contributed by atoms with E-state index in [1.165, 1.54) is 8.66 Å². The van der Waals surface area contributed by atoms with E-state index in [1.807, 2.05) is 0 Å². The molecular weight excluding hydrogens is 286 g/mol. The first-order valence-electron chi connectivity index (χ1n) is 4.41. The zero-order chi connectivity index (χ0) is 10.2. The normalized spacial score (nSPS) is 10.7. The summed E-state index contributed by atoms with van der Waals surface area (Å²) >= 11 is 10.6. The predicted octanol–water partition coefficient (Wildman–Crippen LogP) is 2.86. The fourth-order valence-corrected chi connectivity index (χ4v) is 2.52. The van der Waals surface area contributed by atoms with Crippen molar-refractivity contribution in [1.82, 2.24) is 5.32 Å². The zero-order valence-electron chi connectivity index (χ0n) is 7.76. The van der Waals surface area contributed by atoms with E-state index in [2.05, 4.69) is 33.4 Å². The van der Waals surface area contributed by atoms with E-state index in [9.17, 15) is 0 Å². The topological polar surface area (TPSA) is 21.3 Å². The molecule has 0 aromatic carbocycles. The van der Waals surface area contributed by atoms with Gasteiger partial charge >= 0.3 is 0 Å². The molecule has 0 aliphatic rings. The summed E-state index contributed by atoms with van der Waals surface area (Å²) in [4.78, 5) is 1.33. The molecule has 0 amide bonds. The lowest BCUT2D eigenvalue weighted by Gasteiger charge is -2.03. The van der Waals surface area contributed by atoms with E-state index < -0.39 is 0 Å². The lowest BCUT2D eigenvalue weighted by Crippen LogP contribution is -2.19. The van der Waals surface area contributed by atoms with Crippen molar-refractivity contribution in [3.63, 3.8) is 0 Å². The van der Waals surface area contributed by atoms with Crippen LogP contribution in [0.1, 0.15) is 4.88 Å². The summed E-state index contributed by atoms with van der Waals surface area (Å²) in [5.41, 5.74) is 0. The summed E-state index contributed by atoms with van der Waals surface area (Å²) in [6.45, 7) is 3.12. The van der Waals surface area contributed by atoms with Gasteiger partial charge in [0, 0.05) is 23.8 Å². The van der Waals surface area contributed by atoms with Gasteiger partial charge in [0.25, 0.3) is 0 Å². The largest absolute Gasteiger partial charge is 0.379 e. The molecule has 1 N–H and O–H groups in total. The quantitative estimate of drug-likeness (QED) is 0.617. The number of hydrogen-bond acceptors (Lipinski definition) is 3. The maximum absolute atomic E-state index is 5.46. The molecule has 0 aliphatic heterocycles. The van der Waals surface area contributed by atoms with Gasteiger partial charge in [0.15, 0.2) is 0 Å². The highest BCUT2D eigenvalue weighted by molar-refractivity contribution is 9.11. The van der Waals surface area contributed by atoms with Crippen molar-refractivity contribution < 1.29 is 4.74 Å². The Morgan fingerprint density at radius 2 is 2.29 bits per heavy atom. The molecule has 1 rings (SSSR count). The van der Waals surface area contributed by atoms with Crippen LogP contribution in [0.4, 0.5) is 0 Å². The van der Waals surface area contributed by atoms with Gasteiger partial charge in [0.05, 0.1) is 17.0 Å². The number of nitrogens with one attached hydrogen (secondary N) is 1. The molecule has 0 radical (unpaired) electrons. The Balaban J connectivity index is 1.99. The molecule has 14 heavy (non-hydrogen) atoms. The minimum atomic E-state index is 0.567. The third-order valence-corrected chi connectivity index (χ3v) is 3.35. The molecule has 0 bridgehead atoms. The average molecular weight is 299 g/mol. The van der Waals surface area contributed by atoms with Gasteiger partial charge in [-0.3, -0.25) is 0 Å². The molecule has 0 aliphatic carbocycles. The van der Waals surface area contributed by atoms with E-state index in [0.29, 0.717) is 12.5 Å². The molecule has 80 valence electrons. The molecule has 0 spiro atoms. The lowest BCUT2D eigenvalue weighted by molar-refractivity contribution is 0.151. The molecular formula is C9H13BrClNOS. The molecule has 0 unspecified atom stereocenters. The second kappa shape index (κ2) is 7.65. The van der Waals surface area contributed by atoms with Crippen molar-refractivity contribution in [1.29, 1.82) is 0 Å². The molecule has 2 nitrogen and oxygen atoms in total. The third-order valence-electron chi connectivity index (χ3n) is 1.57. The highest BCUT2D eigenvalue weighted by Gasteiger charge is 1.96. The van der Waals surface area contributed by atoms with Crippen molar-refractivity contribution in [3.05, 3.63) is 20.8 Å². The molecule has 1 heterocycles. The van der Waals surface area contributed by atoms with Gasteiger partial charge in [-0.1, -0.05) is 0 Å². The smallest absolute Gasteiger partial charge is 0.0701 e. The van der Waals surface area contributed by atoms with Gasteiger partial charge in [-0.05, 0) is 28.1 Å². The molecule has 1 aromatic heterocycles. The van der Waals surface area contributed by atoms with Gasteiger partial charge in [0.2, 0.25) is 0 Å². The number of hydrogen-bond donors (Lipinski definition) is 1. The number of alkyl halides is 1. The first-order chi connectivity index (χ1) is 6.83. The van der Waals surface area contributed by atoms with Gasteiger partial charge in [-0.25, -0.2) is 0 Å². The average Bonchev–Trinajstić information content (AvgIpc) is 2.58. The van der Waals surface area contributed by atoms with Crippen LogP contribution in [0.5, 0.6) is 0 Å². The standard InChI is InChI=1S/C9H13BrClNOS/c10-9-2-1-8(14-9)7-12-4-6-13-5-3-11/h1-2,12H,3-7H2. The van der Waals surface area contributed by atoms with Crippen LogP contribution in [0.15, 0.2) is 15.9 Å². The summed E-state index contributed by atoms with van der Waals surface area (Å²) < 4.78 is 6.40. The van der Waals surface area contributed by atoms with E-state index in [4.69, 9.17) is 16.3 Å². The number of ether oxygens (including phenoxy) is 1. The van der Waals surface area contributed by atoms with Crippen LogP contribution in [0.2, 0.25) is 0 Å². The molecule has 1 aromatic rings. The highest BCUT2D eigenvalue weighted by atomic mass is 79.9. The van der Waals surface area contributed by atoms with Crippen molar-refractivity contribution in [2.45, 2.75) is 6.54 Å². The van der Waals surface area contributed by atoms with Crippen LogP contribution in [0.3, 0.4) is 0 Å². The maximum atomic E-state index is 5.46. The summed E-state index contributed by atoms with van der Waals surface area (Å²) in [6, 6.07) is 4.17. The van der Waals surface area contributed by atoms with Gasteiger partial charge < -0.3 is 10.1 Å². The molecule has 5 heteroatoms. The van der Waals surface area contributed by atoms with E-state index in [-0.39, 0.29) is 0 Å². The fourth-order valence-electron chi connectivity index (χ4n) is 0.959. The highest BCUT2D eigenvalue weighted by Crippen LogP contribution is 2.21.